The zero-order chi connectivity index (χ0) is 17.3. The molecule has 0 bridgehead atoms. The highest BCUT2D eigenvalue weighted by Gasteiger charge is 2.48. The second-order valence-corrected chi connectivity index (χ2v) is 6.51. The van der Waals surface area contributed by atoms with Gasteiger partial charge < -0.3 is 15.4 Å². The molecule has 24 heavy (non-hydrogen) atoms. The number of pyridine rings is 1. The van der Waals surface area contributed by atoms with Crippen LogP contribution in [0.4, 0.5) is 11.6 Å². The standard InChI is InChI=1S/C17H23N5O2/c1-4-24-16(23)17(11(2)3)7-8-22(9-17)15-12-5-6-13(18)21-14(12)19-10-20-15/h5-6,10-11H,4,7-9H2,1-3H3,(H2,18,19,20,21). The van der Waals surface area contributed by atoms with E-state index in [9.17, 15) is 4.79 Å². The van der Waals surface area contributed by atoms with E-state index in [0.717, 1.165) is 24.2 Å². The summed E-state index contributed by atoms with van der Waals surface area (Å²) in [5.74, 6) is 1.28. The maximum atomic E-state index is 12.6. The van der Waals surface area contributed by atoms with Crippen LogP contribution in [0.1, 0.15) is 27.2 Å². The van der Waals surface area contributed by atoms with Crippen molar-refractivity contribution in [3.05, 3.63) is 18.5 Å². The minimum absolute atomic E-state index is 0.122. The van der Waals surface area contributed by atoms with Crippen molar-refractivity contribution in [2.45, 2.75) is 27.2 Å². The van der Waals surface area contributed by atoms with E-state index in [-0.39, 0.29) is 11.9 Å². The van der Waals surface area contributed by atoms with Crippen molar-refractivity contribution >= 4 is 28.6 Å². The van der Waals surface area contributed by atoms with Crippen LogP contribution in [0, 0.1) is 11.3 Å². The molecule has 7 heteroatoms. The van der Waals surface area contributed by atoms with Crippen molar-refractivity contribution in [3.63, 3.8) is 0 Å². The van der Waals surface area contributed by atoms with E-state index in [2.05, 4.69) is 33.7 Å². The van der Waals surface area contributed by atoms with Gasteiger partial charge in [0.15, 0.2) is 5.65 Å². The largest absolute Gasteiger partial charge is 0.466 e. The average Bonchev–Trinajstić information content (AvgIpc) is 3.01. The number of anilines is 2. The van der Waals surface area contributed by atoms with Crippen molar-refractivity contribution in [2.24, 2.45) is 11.3 Å². The number of carbonyl (C=O) groups excluding carboxylic acids is 1. The number of esters is 1. The van der Waals surface area contributed by atoms with Gasteiger partial charge in [0.25, 0.3) is 0 Å². The van der Waals surface area contributed by atoms with Crippen LogP contribution in [0.25, 0.3) is 11.0 Å². The van der Waals surface area contributed by atoms with Crippen LogP contribution >= 0.6 is 0 Å². The van der Waals surface area contributed by atoms with Crippen LogP contribution in [0.3, 0.4) is 0 Å². The predicted octanol–water partition coefficient (Wildman–Crippen LogP) is 2.02. The Kier molecular flexibility index (Phi) is 4.26. The lowest BCUT2D eigenvalue weighted by atomic mass is 9.76. The number of nitrogen functional groups attached to an aromatic ring is 1. The first kappa shape index (κ1) is 16.4. The molecule has 128 valence electrons. The van der Waals surface area contributed by atoms with Crippen LogP contribution in [-0.2, 0) is 9.53 Å². The third kappa shape index (κ3) is 2.64. The number of nitrogens with zero attached hydrogens (tertiary/aromatic N) is 4. The first-order chi connectivity index (χ1) is 11.5. The van der Waals surface area contributed by atoms with Crippen molar-refractivity contribution in [1.29, 1.82) is 0 Å². The first-order valence-corrected chi connectivity index (χ1v) is 8.27. The molecular formula is C17H23N5O2. The molecule has 2 N–H and O–H groups in total. The molecule has 1 aliphatic rings. The van der Waals surface area contributed by atoms with Gasteiger partial charge in [-0.25, -0.2) is 15.0 Å². The highest BCUT2D eigenvalue weighted by molar-refractivity contribution is 5.88. The Morgan fingerprint density at radius 3 is 2.92 bits per heavy atom. The maximum Gasteiger partial charge on any atom is 0.314 e. The van der Waals surface area contributed by atoms with Crippen LogP contribution in [0.15, 0.2) is 18.5 Å². The predicted molar refractivity (Wildman–Crippen MR) is 92.5 cm³/mol. The normalized spacial score (nSPS) is 20.8. The summed E-state index contributed by atoms with van der Waals surface area (Å²) in [6.45, 7) is 7.70. The lowest BCUT2D eigenvalue weighted by molar-refractivity contribution is -0.156. The number of hydrogen-bond donors (Lipinski definition) is 1. The molecular weight excluding hydrogens is 306 g/mol. The zero-order valence-electron chi connectivity index (χ0n) is 14.3. The van der Waals surface area contributed by atoms with Crippen LogP contribution in [0.2, 0.25) is 0 Å². The number of hydrogen-bond acceptors (Lipinski definition) is 7. The third-order valence-electron chi connectivity index (χ3n) is 4.89. The van der Waals surface area contributed by atoms with E-state index in [1.807, 2.05) is 13.0 Å². The number of fused-ring (bicyclic) bond motifs is 1. The molecule has 1 fully saturated rings. The van der Waals surface area contributed by atoms with Crippen LogP contribution < -0.4 is 10.6 Å². The van der Waals surface area contributed by atoms with Gasteiger partial charge in [-0.05, 0) is 31.4 Å². The Morgan fingerprint density at radius 2 is 2.21 bits per heavy atom. The second kappa shape index (κ2) is 6.22. The fourth-order valence-electron chi connectivity index (χ4n) is 3.36. The molecule has 7 nitrogen and oxygen atoms in total. The molecule has 1 unspecified atom stereocenters. The van der Waals surface area contributed by atoms with Crippen molar-refractivity contribution < 1.29 is 9.53 Å². The van der Waals surface area contributed by atoms with Gasteiger partial charge in [0.1, 0.15) is 18.0 Å². The van der Waals surface area contributed by atoms with Gasteiger partial charge in [0, 0.05) is 13.1 Å². The minimum Gasteiger partial charge on any atom is -0.466 e. The quantitative estimate of drug-likeness (QED) is 0.857. The third-order valence-corrected chi connectivity index (χ3v) is 4.89. The molecule has 0 spiro atoms. The summed E-state index contributed by atoms with van der Waals surface area (Å²) in [5, 5.41) is 0.843. The number of nitrogens with two attached hydrogens (primary N) is 1. The summed E-state index contributed by atoms with van der Waals surface area (Å²) >= 11 is 0. The van der Waals surface area contributed by atoms with E-state index in [1.54, 1.807) is 6.07 Å². The second-order valence-electron chi connectivity index (χ2n) is 6.51. The molecule has 0 amide bonds. The van der Waals surface area contributed by atoms with Gasteiger partial charge in [-0.2, -0.15) is 0 Å². The summed E-state index contributed by atoms with van der Waals surface area (Å²) in [6, 6.07) is 3.62. The summed E-state index contributed by atoms with van der Waals surface area (Å²) in [4.78, 5) is 27.6. The molecule has 0 aliphatic carbocycles. The topological polar surface area (TPSA) is 94.2 Å². The fraction of sp³-hybridized carbons (Fsp3) is 0.529. The number of rotatable bonds is 4. The Hall–Kier alpha value is -2.44. The average molecular weight is 329 g/mol. The smallest absolute Gasteiger partial charge is 0.314 e. The van der Waals surface area contributed by atoms with Gasteiger partial charge in [-0.1, -0.05) is 13.8 Å². The molecule has 1 saturated heterocycles. The van der Waals surface area contributed by atoms with Crippen molar-refractivity contribution in [1.82, 2.24) is 15.0 Å². The molecule has 2 aromatic heterocycles. The molecule has 3 rings (SSSR count). The SMILES string of the molecule is CCOC(=O)C1(C(C)C)CCN(c2ncnc3nc(N)ccc23)C1. The Bertz CT molecular complexity index is 764. The van der Waals surface area contributed by atoms with E-state index in [1.165, 1.54) is 6.33 Å². The van der Waals surface area contributed by atoms with E-state index < -0.39 is 5.41 Å². The number of aromatic nitrogens is 3. The first-order valence-electron chi connectivity index (χ1n) is 8.27. The van der Waals surface area contributed by atoms with Gasteiger partial charge in [-0.3, -0.25) is 4.79 Å². The molecule has 0 radical (unpaired) electrons. The monoisotopic (exact) mass is 329 g/mol. The van der Waals surface area contributed by atoms with Crippen molar-refractivity contribution in [3.8, 4) is 0 Å². The molecule has 0 aromatic carbocycles. The Labute approximate surface area is 141 Å². The zero-order valence-corrected chi connectivity index (χ0v) is 14.3. The van der Waals surface area contributed by atoms with Crippen LogP contribution in [0.5, 0.6) is 0 Å². The number of ether oxygens (including phenoxy) is 1. The van der Waals surface area contributed by atoms with Gasteiger partial charge in [0.05, 0.1) is 17.4 Å². The van der Waals surface area contributed by atoms with Gasteiger partial charge in [0.2, 0.25) is 0 Å². The summed E-state index contributed by atoms with van der Waals surface area (Å²) < 4.78 is 5.35. The van der Waals surface area contributed by atoms with E-state index in [4.69, 9.17) is 10.5 Å². The summed E-state index contributed by atoms with van der Waals surface area (Å²) in [6.07, 6.45) is 2.24. The summed E-state index contributed by atoms with van der Waals surface area (Å²) in [7, 11) is 0. The van der Waals surface area contributed by atoms with E-state index in [0.29, 0.717) is 24.6 Å². The molecule has 3 heterocycles. The molecule has 0 saturated carbocycles. The minimum atomic E-state index is -0.505. The lowest BCUT2D eigenvalue weighted by Crippen LogP contribution is -2.40. The fourth-order valence-corrected chi connectivity index (χ4v) is 3.36. The maximum absolute atomic E-state index is 12.6. The lowest BCUT2D eigenvalue weighted by Gasteiger charge is -2.31. The highest BCUT2D eigenvalue weighted by Crippen LogP contribution is 2.41. The molecule has 1 atom stereocenters. The summed E-state index contributed by atoms with van der Waals surface area (Å²) in [5.41, 5.74) is 5.80. The van der Waals surface area contributed by atoms with Gasteiger partial charge in [-0.15, -0.1) is 0 Å². The molecule has 1 aliphatic heterocycles. The Balaban J connectivity index is 1.96. The van der Waals surface area contributed by atoms with Crippen LogP contribution in [-0.4, -0.2) is 40.6 Å². The highest BCUT2D eigenvalue weighted by atomic mass is 16.5. The van der Waals surface area contributed by atoms with Crippen molar-refractivity contribution in [2.75, 3.05) is 30.3 Å². The van der Waals surface area contributed by atoms with Gasteiger partial charge >= 0.3 is 5.97 Å². The number of carbonyl (C=O) groups is 1. The molecule has 2 aromatic rings. The van der Waals surface area contributed by atoms with E-state index >= 15 is 0 Å². The Morgan fingerprint density at radius 1 is 1.42 bits per heavy atom.